The van der Waals surface area contributed by atoms with Crippen LogP contribution in [0.1, 0.15) is 25.3 Å². The Kier molecular flexibility index (Phi) is 5.36. The first-order valence-electron chi connectivity index (χ1n) is 6.66. The number of carbonyl (C=O) groups is 1. The molecular weight excluding hydrogens is 244 g/mol. The van der Waals surface area contributed by atoms with Crippen molar-refractivity contribution < 1.29 is 19.0 Å². The largest absolute Gasteiger partial charge is 0.463 e. The van der Waals surface area contributed by atoms with Crippen LogP contribution in [-0.2, 0) is 25.6 Å². The van der Waals surface area contributed by atoms with E-state index in [1.54, 1.807) is 0 Å². The number of benzene rings is 1. The zero-order valence-electron chi connectivity index (χ0n) is 11.2. The van der Waals surface area contributed by atoms with Crippen molar-refractivity contribution >= 4 is 5.97 Å². The van der Waals surface area contributed by atoms with Gasteiger partial charge in [0, 0.05) is 13.5 Å². The van der Waals surface area contributed by atoms with Crippen LogP contribution in [0.4, 0.5) is 0 Å². The van der Waals surface area contributed by atoms with Crippen molar-refractivity contribution in [2.75, 3.05) is 13.2 Å². The second kappa shape index (κ2) is 7.26. The molecule has 1 fully saturated rings. The standard InChI is InChI=1S/C15H20O4/c1-12(16)18-11-15-14(8-5-9-17-15)19-10-13-6-3-2-4-7-13/h2-4,6-7,14-15H,5,8-11H2,1H3/t14-,15+/m1/s1. The summed E-state index contributed by atoms with van der Waals surface area (Å²) >= 11 is 0. The Morgan fingerprint density at radius 2 is 2.16 bits per heavy atom. The number of hydrogen-bond acceptors (Lipinski definition) is 4. The van der Waals surface area contributed by atoms with Crippen molar-refractivity contribution in [3.63, 3.8) is 0 Å². The quantitative estimate of drug-likeness (QED) is 0.766. The number of esters is 1. The summed E-state index contributed by atoms with van der Waals surface area (Å²) in [6.07, 6.45) is 1.77. The lowest BCUT2D eigenvalue weighted by Crippen LogP contribution is -2.39. The van der Waals surface area contributed by atoms with Crippen LogP contribution < -0.4 is 0 Å². The van der Waals surface area contributed by atoms with E-state index in [1.165, 1.54) is 6.92 Å². The van der Waals surface area contributed by atoms with Crippen molar-refractivity contribution in [1.29, 1.82) is 0 Å². The summed E-state index contributed by atoms with van der Waals surface area (Å²) < 4.78 is 16.5. The monoisotopic (exact) mass is 264 g/mol. The van der Waals surface area contributed by atoms with E-state index >= 15 is 0 Å². The normalized spacial score (nSPS) is 23.0. The van der Waals surface area contributed by atoms with E-state index in [1.807, 2.05) is 30.3 Å². The summed E-state index contributed by atoms with van der Waals surface area (Å²) in [5.41, 5.74) is 1.14. The van der Waals surface area contributed by atoms with E-state index in [-0.39, 0.29) is 24.8 Å². The molecule has 1 aliphatic rings. The zero-order chi connectivity index (χ0) is 13.5. The van der Waals surface area contributed by atoms with Crippen LogP contribution in [-0.4, -0.2) is 31.4 Å². The first-order chi connectivity index (χ1) is 9.25. The molecule has 1 heterocycles. The topological polar surface area (TPSA) is 44.8 Å². The molecule has 0 aromatic heterocycles. The van der Waals surface area contributed by atoms with E-state index in [2.05, 4.69) is 0 Å². The van der Waals surface area contributed by atoms with Crippen LogP contribution >= 0.6 is 0 Å². The van der Waals surface area contributed by atoms with Gasteiger partial charge in [-0.25, -0.2) is 0 Å². The first kappa shape index (κ1) is 14.0. The molecule has 1 aromatic rings. The number of ether oxygens (including phenoxy) is 3. The minimum atomic E-state index is -0.281. The van der Waals surface area contributed by atoms with E-state index in [0.29, 0.717) is 13.2 Å². The summed E-state index contributed by atoms with van der Waals surface area (Å²) in [7, 11) is 0. The highest BCUT2D eigenvalue weighted by Crippen LogP contribution is 2.19. The molecule has 19 heavy (non-hydrogen) atoms. The Hall–Kier alpha value is -1.39. The average Bonchev–Trinajstić information content (AvgIpc) is 2.45. The zero-order valence-corrected chi connectivity index (χ0v) is 11.2. The molecule has 1 saturated heterocycles. The molecule has 0 radical (unpaired) electrons. The predicted octanol–water partition coefficient (Wildman–Crippen LogP) is 2.31. The van der Waals surface area contributed by atoms with Gasteiger partial charge < -0.3 is 14.2 Å². The van der Waals surface area contributed by atoms with Crippen molar-refractivity contribution in [2.24, 2.45) is 0 Å². The van der Waals surface area contributed by atoms with Gasteiger partial charge in [0.05, 0.1) is 12.7 Å². The highest BCUT2D eigenvalue weighted by molar-refractivity contribution is 5.65. The smallest absolute Gasteiger partial charge is 0.302 e. The lowest BCUT2D eigenvalue weighted by molar-refractivity contribution is -0.159. The van der Waals surface area contributed by atoms with Crippen molar-refractivity contribution in [2.45, 2.75) is 38.6 Å². The molecule has 1 aromatic carbocycles. The van der Waals surface area contributed by atoms with Crippen LogP contribution in [0.3, 0.4) is 0 Å². The van der Waals surface area contributed by atoms with E-state index in [4.69, 9.17) is 14.2 Å². The molecule has 1 aliphatic heterocycles. The third-order valence-electron chi connectivity index (χ3n) is 3.14. The highest BCUT2D eigenvalue weighted by atomic mass is 16.6. The molecule has 4 heteroatoms. The van der Waals surface area contributed by atoms with Crippen LogP contribution in [0.2, 0.25) is 0 Å². The van der Waals surface area contributed by atoms with Gasteiger partial charge in [-0.05, 0) is 18.4 Å². The number of carbonyl (C=O) groups excluding carboxylic acids is 1. The minimum Gasteiger partial charge on any atom is -0.463 e. The van der Waals surface area contributed by atoms with Crippen molar-refractivity contribution in [3.05, 3.63) is 35.9 Å². The molecule has 2 rings (SSSR count). The Balaban J connectivity index is 1.83. The molecule has 104 valence electrons. The molecule has 4 nitrogen and oxygen atoms in total. The number of rotatable bonds is 5. The molecule has 0 saturated carbocycles. The fraction of sp³-hybridized carbons (Fsp3) is 0.533. The van der Waals surface area contributed by atoms with Gasteiger partial charge in [-0.3, -0.25) is 4.79 Å². The Morgan fingerprint density at radius 1 is 1.37 bits per heavy atom. The summed E-state index contributed by atoms with van der Waals surface area (Å²) in [5, 5.41) is 0. The second-order valence-corrected chi connectivity index (χ2v) is 4.69. The third-order valence-corrected chi connectivity index (χ3v) is 3.14. The molecular formula is C15H20O4. The van der Waals surface area contributed by atoms with Gasteiger partial charge >= 0.3 is 5.97 Å². The van der Waals surface area contributed by atoms with E-state index in [9.17, 15) is 4.79 Å². The maximum Gasteiger partial charge on any atom is 0.302 e. The second-order valence-electron chi connectivity index (χ2n) is 4.69. The molecule has 0 bridgehead atoms. The van der Waals surface area contributed by atoms with Crippen LogP contribution in [0.25, 0.3) is 0 Å². The summed E-state index contributed by atoms with van der Waals surface area (Å²) in [5.74, 6) is -0.281. The maximum absolute atomic E-state index is 10.9. The molecule has 0 N–H and O–H groups in total. The van der Waals surface area contributed by atoms with Gasteiger partial charge in [-0.15, -0.1) is 0 Å². The lowest BCUT2D eigenvalue weighted by Gasteiger charge is -2.31. The summed E-state index contributed by atoms with van der Waals surface area (Å²) in [6, 6.07) is 10.0. The summed E-state index contributed by atoms with van der Waals surface area (Å²) in [6.45, 7) is 2.94. The third kappa shape index (κ3) is 4.65. The average molecular weight is 264 g/mol. The Morgan fingerprint density at radius 3 is 2.89 bits per heavy atom. The number of hydrogen-bond donors (Lipinski definition) is 0. The van der Waals surface area contributed by atoms with Crippen LogP contribution in [0, 0.1) is 0 Å². The molecule has 0 unspecified atom stereocenters. The molecule has 2 atom stereocenters. The van der Waals surface area contributed by atoms with Gasteiger partial charge in [0.1, 0.15) is 12.7 Å². The minimum absolute atomic E-state index is 0.00620. The van der Waals surface area contributed by atoms with Gasteiger partial charge in [-0.2, -0.15) is 0 Å². The van der Waals surface area contributed by atoms with E-state index in [0.717, 1.165) is 18.4 Å². The molecule has 0 spiro atoms. The van der Waals surface area contributed by atoms with E-state index < -0.39 is 0 Å². The van der Waals surface area contributed by atoms with Crippen LogP contribution in [0.5, 0.6) is 0 Å². The predicted molar refractivity (Wildman–Crippen MR) is 70.6 cm³/mol. The Bertz CT molecular complexity index is 390. The van der Waals surface area contributed by atoms with Gasteiger partial charge in [0.25, 0.3) is 0 Å². The fourth-order valence-corrected chi connectivity index (χ4v) is 2.14. The fourth-order valence-electron chi connectivity index (χ4n) is 2.14. The van der Waals surface area contributed by atoms with Crippen LogP contribution in [0.15, 0.2) is 30.3 Å². The SMILES string of the molecule is CC(=O)OC[C@@H]1OCCC[C@H]1OCc1ccccc1. The first-order valence-corrected chi connectivity index (χ1v) is 6.66. The lowest BCUT2D eigenvalue weighted by atomic mass is 10.1. The maximum atomic E-state index is 10.9. The summed E-state index contributed by atoms with van der Waals surface area (Å²) in [4.78, 5) is 10.9. The van der Waals surface area contributed by atoms with Crippen molar-refractivity contribution in [3.8, 4) is 0 Å². The molecule has 0 aliphatic carbocycles. The van der Waals surface area contributed by atoms with Crippen molar-refractivity contribution in [1.82, 2.24) is 0 Å². The van der Waals surface area contributed by atoms with Gasteiger partial charge in [0.2, 0.25) is 0 Å². The molecule has 0 amide bonds. The van der Waals surface area contributed by atoms with Gasteiger partial charge in [-0.1, -0.05) is 30.3 Å². The van der Waals surface area contributed by atoms with Gasteiger partial charge in [0.15, 0.2) is 0 Å². The highest BCUT2D eigenvalue weighted by Gasteiger charge is 2.27. The Labute approximate surface area is 113 Å².